The van der Waals surface area contributed by atoms with Gasteiger partial charge in [0.15, 0.2) is 0 Å². The summed E-state index contributed by atoms with van der Waals surface area (Å²) >= 11 is 0. The normalized spacial score (nSPS) is 10.8. The second-order valence-electron chi connectivity index (χ2n) is 1.94. The van der Waals surface area contributed by atoms with Gasteiger partial charge in [-0.15, -0.1) is 0 Å². The zero-order valence-corrected chi connectivity index (χ0v) is 5.59. The Bertz CT molecular complexity index is 172. The van der Waals surface area contributed by atoms with Crippen molar-refractivity contribution in [2.75, 3.05) is 0 Å². The van der Waals surface area contributed by atoms with Gasteiger partial charge in [0.05, 0.1) is 0 Å². The topological polar surface area (TPSA) is 15.8 Å². The summed E-state index contributed by atoms with van der Waals surface area (Å²) in [7, 11) is 0. The van der Waals surface area contributed by atoms with E-state index < -0.39 is 0 Å². The lowest BCUT2D eigenvalue weighted by Gasteiger charge is -1.80. The molecule has 0 aliphatic heterocycles. The Morgan fingerprint density at radius 2 is 2.56 bits per heavy atom. The van der Waals surface area contributed by atoms with E-state index in [0.717, 1.165) is 6.42 Å². The molecule has 1 nitrogen and oxygen atoms in total. The number of nitrogens with one attached hydrogen (secondary N) is 1. The van der Waals surface area contributed by atoms with Gasteiger partial charge in [0.2, 0.25) is 0 Å². The summed E-state index contributed by atoms with van der Waals surface area (Å²) in [6, 6.07) is 4.04. The Kier molecular flexibility index (Phi) is 2.13. The number of aromatic amines is 1. The molecule has 1 aromatic rings. The van der Waals surface area contributed by atoms with Crippen LogP contribution in [-0.4, -0.2) is 4.98 Å². The van der Waals surface area contributed by atoms with Gasteiger partial charge in [-0.1, -0.05) is 13.0 Å². The molecule has 0 saturated carbocycles. The number of hydrogen-bond donors (Lipinski definition) is 1. The fourth-order valence-corrected chi connectivity index (χ4v) is 0.693. The van der Waals surface area contributed by atoms with E-state index in [2.05, 4.69) is 24.1 Å². The van der Waals surface area contributed by atoms with Gasteiger partial charge in [0, 0.05) is 11.9 Å². The molecule has 0 saturated heterocycles. The Labute approximate surface area is 55.4 Å². The molecule has 1 rings (SSSR count). The second-order valence-corrected chi connectivity index (χ2v) is 1.94. The van der Waals surface area contributed by atoms with Gasteiger partial charge < -0.3 is 4.98 Å². The van der Waals surface area contributed by atoms with E-state index in [1.165, 1.54) is 5.69 Å². The van der Waals surface area contributed by atoms with Crippen molar-refractivity contribution in [3.63, 3.8) is 0 Å². The van der Waals surface area contributed by atoms with E-state index >= 15 is 0 Å². The van der Waals surface area contributed by atoms with Crippen LogP contribution in [0, 0.1) is 0 Å². The van der Waals surface area contributed by atoms with Gasteiger partial charge in [-0.05, 0) is 24.6 Å². The SMILES string of the molecule is CC/C=C/c1ccc[nH]1. The highest BCUT2D eigenvalue weighted by Gasteiger charge is 1.79. The predicted molar refractivity (Wildman–Crippen MR) is 40.1 cm³/mol. The molecule has 0 amide bonds. The molecule has 48 valence electrons. The van der Waals surface area contributed by atoms with Crippen LogP contribution in [0.5, 0.6) is 0 Å². The molecule has 0 atom stereocenters. The molecule has 1 N–H and O–H groups in total. The van der Waals surface area contributed by atoms with Crippen molar-refractivity contribution in [2.24, 2.45) is 0 Å². The zero-order valence-electron chi connectivity index (χ0n) is 5.59. The lowest BCUT2D eigenvalue weighted by atomic mass is 10.3. The van der Waals surface area contributed by atoms with Crippen molar-refractivity contribution in [1.82, 2.24) is 4.98 Å². The van der Waals surface area contributed by atoms with Crippen LogP contribution in [0.4, 0.5) is 0 Å². The van der Waals surface area contributed by atoms with Gasteiger partial charge in [-0.2, -0.15) is 0 Å². The van der Waals surface area contributed by atoms with Gasteiger partial charge in [-0.3, -0.25) is 0 Å². The van der Waals surface area contributed by atoms with Crippen LogP contribution in [0.3, 0.4) is 0 Å². The molecule has 0 radical (unpaired) electrons. The molecule has 0 aliphatic rings. The highest BCUT2D eigenvalue weighted by Crippen LogP contribution is 1.97. The summed E-state index contributed by atoms with van der Waals surface area (Å²) in [5.41, 5.74) is 1.18. The molecule has 0 fully saturated rings. The molecule has 0 unspecified atom stereocenters. The molecule has 0 aromatic carbocycles. The van der Waals surface area contributed by atoms with Crippen molar-refractivity contribution in [1.29, 1.82) is 0 Å². The summed E-state index contributed by atoms with van der Waals surface area (Å²) in [6.45, 7) is 2.12. The molecule has 1 heteroatoms. The van der Waals surface area contributed by atoms with E-state index in [0.29, 0.717) is 0 Å². The number of rotatable bonds is 2. The van der Waals surface area contributed by atoms with E-state index in [1.807, 2.05) is 18.3 Å². The maximum absolute atomic E-state index is 3.09. The van der Waals surface area contributed by atoms with Crippen LogP contribution < -0.4 is 0 Å². The van der Waals surface area contributed by atoms with E-state index in [4.69, 9.17) is 0 Å². The van der Waals surface area contributed by atoms with E-state index in [-0.39, 0.29) is 0 Å². The molecular weight excluding hydrogens is 110 g/mol. The minimum atomic E-state index is 1.10. The van der Waals surface area contributed by atoms with Crippen LogP contribution >= 0.6 is 0 Å². The van der Waals surface area contributed by atoms with Crippen molar-refractivity contribution in [2.45, 2.75) is 13.3 Å². The molecule has 1 aromatic heterocycles. The summed E-state index contributed by atoms with van der Waals surface area (Å²) in [5.74, 6) is 0. The predicted octanol–water partition coefficient (Wildman–Crippen LogP) is 2.44. The molecular formula is C8H11N. The number of hydrogen-bond acceptors (Lipinski definition) is 0. The Morgan fingerprint density at radius 1 is 1.67 bits per heavy atom. The minimum absolute atomic E-state index is 1.10. The Balaban J connectivity index is 2.57. The van der Waals surface area contributed by atoms with Gasteiger partial charge in [0.25, 0.3) is 0 Å². The second kappa shape index (κ2) is 3.13. The van der Waals surface area contributed by atoms with Gasteiger partial charge in [-0.25, -0.2) is 0 Å². The monoisotopic (exact) mass is 121 g/mol. The quantitative estimate of drug-likeness (QED) is 0.618. The fraction of sp³-hybridized carbons (Fsp3) is 0.250. The van der Waals surface area contributed by atoms with Crippen LogP contribution in [-0.2, 0) is 0 Å². The summed E-state index contributed by atoms with van der Waals surface area (Å²) in [5, 5.41) is 0. The highest BCUT2D eigenvalue weighted by molar-refractivity contribution is 5.43. The lowest BCUT2D eigenvalue weighted by molar-refractivity contribution is 1.23. The van der Waals surface area contributed by atoms with Crippen molar-refractivity contribution < 1.29 is 0 Å². The van der Waals surface area contributed by atoms with Gasteiger partial charge >= 0.3 is 0 Å². The third-order valence-corrected chi connectivity index (χ3v) is 1.16. The summed E-state index contributed by atoms with van der Waals surface area (Å²) in [4.78, 5) is 3.09. The van der Waals surface area contributed by atoms with Crippen molar-refractivity contribution in [3.8, 4) is 0 Å². The minimum Gasteiger partial charge on any atom is -0.362 e. The first-order valence-corrected chi connectivity index (χ1v) is 3.23. The number of H-pyrrole nitrogens is 1. The molecule has 0 aliphatic carbocycles. The van der Waals surface area contributed by atoms with Crippen LogP contribution in [0.1, 0.15) is 19.0 Å². The first-order chi connectivity index (χ1) is 4.43. The average Bonchev–Trinajstić information content (AvgIpc) is 2.34. The van der Waals surface area contributed by atoms with Crippen molar-refractivity contribution in [3.05, 3.63) is 30.1 Å². The molecule has 0 spiro atoms. The molecule has 0 bridgehead atoms. The zero-order chi connectivity index (χ0) is 6.53. The van der Waals surface area contributed by atoms with Gasteiger partial charge in [0.1, 0.15) is 0 Å². The fourth-order valence-electron chi connectivity index (χ4n) is 0.693. The highest BCUT2D eigenvalue weighted by atomic mass is 14.7. The van der Waals surface area contributed by atoms with E-state index in [1.54, 1.807) is 0 Å². The standard InChI is InChI=1S/C8H11N/c1-2-3-5-8-6-4-7-9-8/h3-7,9H,2H2,1H3/b5-3+. The van der Waals surface area contributed by atoms with Crippen LogP contribution in [0.15, 0.2) is 24.4 Å². The average molecular weight is 121 g/mol. The summed E-state index contributed by atoms with van der Waals surface area (Å²) < 4.78 is 0. The van der Waals surface area contributed by atoms with Crippen molar-refractivity contribution >= 4 is 6.08 Å². The Morgan fingerprint density at radius 3 is 3.11 bits per heavy atom. The third-order valence-electron chi connectivity index (χ3n) is 1.16. The van der Waals surface area contributed by atoms with Crippen LogP contribution in [0.2, 0.25) is 0 Å². The number of allylic oxidation sites excluding steroid dienone is 1. The number of aromatic nitrogens is 1. The first kappa shape index (κ1) is 6.14. The first-order valence-electron chi connectivity index (χ1n) is 3.23. The van der Waals surface area contributed by atoms with Crippen LogP contribution in [0.25, 0.3) is 6.08 Å². The maximum atomic E-state index is 3.09. The maximum Gasteiger partial charge on any atom is 0.0377 e. The lowest BCUT2D eigenvalue weighted by Crippen LogP contribution is -1.65. The Hall–Kier alpha value is -0.980. The summed E-state index contributed by atoms with van der Waals surface area (Å²) in [6.07, 6.45) is 7.24. The molecule has 1 heterocycles. The largest absolute Gasteiger partial charge is 0.362 e. The molecule has 9 heavy (non-hydrogen) atoms. The van der Waals surface area contributed by atoms with E-state index in [9.17, 15) is 0 Å². The smallest absolute Gasteiger partial charge is 0.0377 e. The third kappa shape index (κ3) is 1.76.